The van der Waals surface area contributed by atoms with Crippen molar-refractivity contribution in [2.24, 2.45) is 0 Å². The first-order valence-corrected chi connectivity index (χ1v) is 15.5. The quantitative estimate of drug-likeness (QED) is 0.239. The van der Waals surface area contributed by atoms with Crippen LogP contribution in [0.2, 0.25) is 0 Å². The topological polar surface area (TPSA) is 144 Å². The number of nitrogen functional groups attached to an aromatic ring is 1. The monoisotopic (exact) mass is 594 g/mol. The Hall–Kier alpha value is -4.78. The first kappa shape index (κ1) is 27.1. The maximum absolute atomic E-state index is 14.1. The first-order valence-electron chi connectivity index (χ1n) is 14.0. The summed E-state index contributed by atoms with van der Waals surface area (Å²) in [4.78, 5) is 24.2. The number of anilines is 1. The molecule has 4 N–H and O–H groups in total. The highest BCUT2D eigenvalue weighted by Crippen LogP contribution is 2.30. The number of rotatable bonds is 7. The summed E-state index contributed by atoms with van der Waals surface area (Å²) in [7, 11) is -4.13. The van der Waals surface area contributed by atoms with E-state index in [-0.39, 0.29) is 22.0 Å². The fourth-order valence-electron chi connectivity index (χ4n) is 5.71. The molecule has 7 rings (SSSR count). The first-order chi connectivity index (χ1) is 20.8. The van der Waals surface area contributed by atoms with Crippen LogP contribution in [0.5, 0.6) is 0 Å². The van der Waals surface area contributed by atoms with Crippen molar-refractivity contribution in [3.05, 3.63) is 102 Å². The molecule has 0 bridgehead atoms. The van der Waals surface area contributed by atoms with E-state index >= 15 is 0 Å². The number of hydrogen-bond acceptors (Lipinski definition) is 8. The van der Waals surface area contributed by atoms with Crippen molar-refractivity contribution in [1.29, 1.82) is 0 Å². The molecule has 11 nitrogen and oxygen atoms in total. The van der Waals surface area contributed by atoms with Crippen molar-refractivity contribution < 1.29 is 13.2 Å². The predicted molar refractivity (Wildman–Crippen MR) is 165 cm³/mol. The molecular formula is C31H30N8O3S. The predicted octanol–water partition coefficient (Wildman–Crippen LogP) is 3.47. The van der Waals surface area contributed by atoms with Crippen molar-refractivity contribution in [2.75, 3.05) is 31.9 Å². The second-order valence-corrected chi connectivity index (χ2v) is 12.5. The lowest BCUT2D eigenvalue weighted by Gasteiger charge is -2.27. The van der Waals surface area contributed by atoms with E-state index in [1.165, 1.54) is 23.0 Å². The number of imidazole rings is 1. The summed E-state index contributed by atoms with van der Waals surface area (Å²) in [5.41, 5.74) is 10.3. The number of benzene rings is 3. The van der Waals surface area contributed by atoms with Crippen LogP contribution in [0.15, 0.2) is 83.9 Å². The third-order valence-corrected chi connectivity index (χ3v) is 9.57. The Kier molecular flexibility index (Phi) is 6.61. The van der Waals surface area contributed by atoms with Gasteiger partial charge in [-0.2, -0.15) is 5.10 Å². The van der Waals surface area contributed by atoms with Crippen molar-refractivity contribution in [3.8, 4) is 5.69 Å². The number of nitrogens with zero attached hydrogens (tertiary/aromatic N) is 5. The Balaban J connectivity index is 1.33. The Morgan fingerprint density at radius 3 is 2.58 bits per heavy atom. The highest BCUT2D eigenvalue weighted by molar-refractivity contribution is 7.90. The third kappa shape index (κ3) is 4.79. The number of hydrogen-bond donors (Lipinski definition) is 3. The Morgan fingerprint density at radius 1 is 1.00 bits per heavy atom. The van der Waals surface area contributed by atoms with E-state index in [4.69, 9.17) is 5.73 Å². The number of piperazine rings is 1. The molecule has 0 atom stereocenters. The van der Waals surface area contributed by atoms with Gasteiger partial charge in [0.2, 0.25) is 5.78 Å². The zero-order valence-corrected chi connectivity index (χ0v) is 24.3. The largest absolute Gasteiger partial charge is 0.383 e. The molecule has 0 aliphatic carbocycles. The van der Waals surface area contributed by atoms with Gasteiger partial charge in [-0.15, -0.1) is 0 Å². The second kappa shape index (κ2) is 10.5. The second-order valence-electron chi connectivity index (χ2n) is 10.7. The lowest BCUT2D eigenvalue weighted by molar-refractivity contribution is 0.103. The van der Waals surface area contributed by atoms with Crippen molar-refractivity contribution in [3.63, 3.8) is 0 Å². The fourth-order valence-corrected chi connectivity index (χ4v) is 7.24. The summed E-state index contributed by atoms with van der Waals surface area (Å²) < 4.78 is 30.7. The minimum atomic E-state index is -4.13. The number of aromatic nitrogens is 5. The summed E-state index contributed by atoms with van der Waals surface area (Å²) in [5, 5.41) is 8.40. The van der Waals surface area contributed by atoms with Gasteiger partial charge in [0.05, 0.1) is 38.9 Å². The molecule has 0 radical (unpaired) electrons. The van der Waals surface area contributed by atoms with Crippen LogP contribution >= 0.6 is 0 Å². The zero-order valence-electron chi connectivity index (χ0n) is 23.5. The summed E-state index contributed by atoms with van der Waals surface area (Å²) in [6.45, 7) is 6.32. The number of carbonyl (C=O) groups excluding carboxylic acids is 1. The Bertz CT molecular complexity index is 2110. The van der Waals surface area contributed by atoms with Gasteiger partial charge in [-0.1, -0.05) is 24.3 Å². The molecule has 4 heterocycles. The van der Waals surface area contributed by atoms with Crippen molar-refractivity contribution in [1.82, 2.24) is 33.9 Å². The van der Waals surface area contributed by atoms with Gasteiger partial charge < -0.3 is 16.0 Å². The van der Waals surface area contributed by atoms with Crippen LogP contribution in [-0.2, 0) is 16.6 Å². The maximum atomic E-state index is 14.1. The van der Waals surface area contributed by atoms with Gasteiger partial charge in [0, 0.05) is 38.1 Å². The van der Waals surface area contributed by atoms with Crippen LogP contribution in [0.25, 0.3) is 27.6 Å². The van der Waals surface area contributed by atoms with E-state index in [9.17, 15) is 13.2 Å². The van der Waals surface area contributed by atoms with E-state index in [1.54, 1.807) is 30.3 Å². The maximum Gasteiger partial charge on any atom is 0.268 e. The number of fused-ring (bicyclic) bond motifs is 2. The van der Waals surface area contributed by atoms with Gasteiger partial charge in [-0.3, -0.25) is 9.69 Å². The standard InChI is InChI=1S/C31H30N8O3S/c1-20-35-26-9-8-23(17-27(26)36-20)38-31(32)25(18-34-38)30(40)29-16-22-15-21(19-37-13-11-33-12-14-37)7-10-28(22)39(29)43(41,42)24-5-3-2-4-6-24/h2-10,15-18,33H,11-14,19,32H2,1H3,(H,35,36). The lowest BCUT2D eigenvalue weighted by Crippen LogP contribution is -2.42. The van der Waals surface area contributed by atoms with Crippen LogP contribution in [-0.4, -0.2) is 69.0 Å². The molecule has 3 aromatic heterocycles. The Morgan fingerprint density at radius 2 is 1.79 bits per heavy atom. The number of aromatic amines is 1. The number of carbonyl (C=O) groups is 1. The van der Waals surface area contributed by atoms with Crippen molar-refractivity contribution in [2.45, 2.75) is 18.4 Å². The molecule has 0 amide bonds. The van der Waals surface area contributed by atoms with E-state index in [0.717, 1.165) is 59.1 Å². The van der Waals surface area contributed by atoms with E-state index in [2.05, 4.69) is 25.3 Å². The molecule has 218 valence electrons. The lowest BCUT2D eigenvalue weighted by atomic mass is 10.1. The molecular weight excluding hydrogens is 564 g/mol. The molecule has 3 aromatic carbocycles. The molecule has 1 aliphatic heterocycles. The van der Waals surface area contributed by atoms with Gasteiger partial charge >= 0.3 is 0 Å². The summed E-state index contributed by atoms with van der Waals surface area (Å²) >= 11 is 0. The molecule has 0 spiro atoms. The van der Waals surface area contributed by atoms with E-state index in [0.29, 0.717) is 16.6 Å². The molecule has 0 unspecified atom stereocenters. The average molecular weight is 595 g/mol. The molecule has 1 aliphatic rings. The number of nitrogens with one attached hydrogen (secondary N) is 2. The Labute approximate surface area is 248 Å². The van der Waals surface area contributed by atoms with Gasteiger partial charge in [0.15, 0.2) is 0 Å². The summed E-state index contributed by atoms with van der Waals surface area (Å²) in [5.74, 6) is 0.338. The van der Waals surface area contributed by atoms with Gasteiger partial charge in [0.1, 0.15) is 17.3 Å². The van der Waals surface area contributed by atoms with Crippen molar-refractivity contribution >= 4 is 43.6 Å². The molecule has 0 saturated carbocycles. The summed E-state index contributed by atoms with van der Waals surface area (Å²) in [6.07, 6.45) is 1.38. The minimum absolute atomic E-state index is 0.0113. The van der Waals surface area contributed by atoms with E-state index in [1.807, 2.05) is 37.3 Å². The molecule has 12 heteroatoms. The molecule has 1 fully saturated rings. The fraction of sp³-hybridized carbons (Fsp3) is 0.194. The normalized spacial score (nSPS) is 14.5. The number of aryl methyl sites for hydroxylation is 1. The van der Waals surface area contributed by atoms with Crippen LogP contribution in [0.4, 0.5) is 5.82 Å². The van der Waals surface area contributed by atoms with Gasteiger partial charge in [-0.05, 0) is 61.0 Å². The molecule has 1 saturated heterocycles. The van der Waals surface area contributed by atoms with Crippen LogP contribution in [0.1, 0.15) is 27.4 Å². The zero-order chi connectivity index (χ0) is 29.7. The van der Waals surface area contributed by atoms with Crippen LogP contribution in [0, 0.1) is 6.92 Å². The third-order valence-electron chi connectivity index (χ3n) is 7.83. The number of H-pyrrole nitrogens is 1. The smallest absolute Gasteiger partial charge is 0.268 e. The summed E-state index contributed by atoms with van der Waals surface area (Å²) in [6, 6.07) is 20.9. The average Bonchev–Trinajstić information content (AvgIpc) is 3.71. The van der Waals surface area contributed by atoms with Gasteiger partial charge in [-0.25, -0.2) is 22.1 Å². The van der Waals surface area contributed by atoms with Crippen LogP contribution in [0.3, 0.4) is 0 Å². The molecule has 43 heavy (non-hydrogen) atoms. The molecule has 6 aromatic rings. The minimum Gasteiger partial charge on any atom is -0.383 e. The highest BCUT2D eigenvalue weighted by Gasteiger charge is 2.29. The SMILES string of the molecule is Cc1nc2cc(-n3ncc(C(=O)c4cc5cc(CN6CCNCC6)ccc5n4S(=O)(=O)c4ccccc4)c3N)ccc2[nH]1. The number of nitrogens with two attached hydrogens (primary N) is 1. The van der Waals surface area contributed by atoms with Crippen LogP contribution < -0.4 is 11.1 Å². The number of ketones is 1. The van der Waals surface area contributed by atoms with E-state index < -0.39 is 15.8 Å². The van der Waals surface area contributed by atoms with Gasteiger partial charge in [0.25, 0.3) is 10.0 Å². The highest BCUT2D eigenvalue weighted by atomic mass is 32.2.